The maximum Gasteiger partial charge on any atom is 0.0587 e. The molecular weight excluding hydrogens is 134 g/mol. The molecule has 0 aromatic rings. The molecule has 60 valence electrons. The minimum Gasteiger partial charge on any atom is -0.199 e. The number of hydrogen-bond acceptors (Lipinski definition) is 1. The molecule has 0 N–H and O–H groups in total. The monoisotopic (exact) mass is 149 g/mol. The lowest BCUT2D eigenvalue weighted by molar-refractivity contribution is 0.758. The summed E-state index contributed by atoms with van der Waals surface area (Å²) in [4.78, 5) is 0. The Balaban J connectivity index is 0.000000292. The summed E-state index contributed by atoms with van der Waals surface area (Å²) < 4.78 is 0. The number of hydrogen-bond donors (Lipinski definition) is 0. The van der Waals surface area contributed by atoms with Crippen molar-refractivity contribution in [3.8, 4) is 6.07 Å². The molecule has 11 heavy (non-hydrogen) atoms. The number of nitriles is 1. The second-order valence-corrected chi connectivity index (χ2v) is 2.36. The van der Waals surface area contributed by atoms with Crippen LogP contribution in [0, 0.1) is 11.3 Å². The highest BCUT2D eigenvalue weighted by molar-refractivity contribution is 5.03. The third-order valence-electron chi connectivity index (χ3n) is 1.37. The van der Waals surface area contributed by atoms with Gasteiger partial charge in [-0.3, -0.25) is 0 Å². The molecule has 1 nitrogen and oxygen atoms in total. The van der Waals surface area contributed by atoms with Crippen LogP contribution in [0.25, 0.3) is 0 Å². The summed E-state index contributed by atoms with van der Waals surface area (Å²) in [6.07, 6.45) is 14.0. The van der Waals surface area contributed by atoms with Crippen LogP contribution >= 0.6 is 0 Å². The molecule has 1 heteroatoms. The van der Waals surface area contributed by atoms with Crippen molar-refractivity contribution in [1.29, 1.82) is 5.26 Å². The van der Waals surface area contributed by atoms with E-state index in [-0.39, 0.29) is 0 Å². The van der Waals surface area contributed by atoms with Gasteiger partial charge in [-0.1, -0.05) is 24.3 Å². The number of nitrogens with zero attached hydrogens (tertiary/aromatic N) is 1. The van der Waals surface area contributed by atoms with E-state index < -0.39 is 0 Å². The number of rotatable bonds is 0. The van der Waals surface area contributed by atoms with Crippen molar-refractivity contribution in [3.05, 3.63) is 24.3 Å². The fourth-order valence-corrected chi connectivity index (χ4v) is 0.874. The van der Waals surface area contributed by atoms with E-state index in [1.165, 1.54) is 32.6 Å². The van der Waals surface area contributed by atoms with E-state index in [1.807, 2.05) is 0 Å². The molecule has 0 atom stereocenters. The zero-order valence-electron chi connectivity index (χ0n) is 7.09. The maximum atomic E-state index is 7.32. The van der Waals surface area contributed by atoms with Crippen LogP contribution in [0.3, 0.4) is 0 Å². The quantitative estimate of drug-likeness (QED) is 0.519. The molecule has 0 bridgehead atoms. The molecule has 0 spiro atoms. The molecule has 1 rings (SSSR count). The van der Waals surface area contributed by atoms with Crippen LogP contribution < -0.4 is 0 Å². The molecule has 0 heterocycles. The van der Waals surface area contributed by atoms with E-state index >= 15 is 0 Å². The predicted molar refractivity (Wildman–Crippen MR) is 48.0 cm³/mol. The molecule has 1 aliphatic carbocycles. The Morgan fingerprint density at radius 2 is 1.45 bits per heavy atom. The van der Waals surface area contributed by atoms with Gasteiger partial charge in [0.2, 0.25) is 0 Å². The van der Waals surface area contributed by atoms with Crippen LogP contribution in [0.2, 0.25) is 0 Å². The first-order chi connectivity index (χ1) is 5.41. The molecule has 0 amide bonds. The van der Waals surface area contributed by atoms with Crippen molar-refractivity contribution < 1.29 is 0 Å². The molecule has 0 aromatic carbocycles. The van der Waals surface area contributed by atoms with E-state index in [1.54, 1.807) is 6.07 Å². The predicted octanol–water partition coefficient (Wildman–Crippen LogP) is 3.20. The van der Waals surface area contributed by atoms with Gasteiger partial charge in [0, 0.05) is 6.92 Å². The third-order valence-corrected chi connectivity index (χ3v) is 1.37. The van der Waals surface area contributed by atoms with Crippen molar-refractivity contribution in [3.63, 3.8) is 0 Å². The largest absolute Gasteiger partial charge is 0.199 e. The highest BCUT2D eigenvalue weighted by Gasteiger charge is 1.84. The van der Waals surface area contributed by atoms with E-state index in [9.17, 15) is 0 Å². The Labute approximate surface area is 69.0 Å². The van der Waals surface area contributed by atoms with Crippen LogP contribution in [0.1, 0.15) is 32.6 Å². The molecule has 0 radical (unpaired) electrons. The lowest BCUT2D eigenvalue weighted by Gasteiger charge is -1.94. The van der Waals surface area contributed by atoms with Crippen molar-refractivity contribution in [2.24, 2.45) is 0 Å². The summed E-state index contributed by atoms with van der Waals surface area (Å²) in [6.45, 7) is 1.43. The molecule has 0 aromatic heterocycles. The first-order valence-corrected chi connectivity index (χ1v) is 4.04. The van der Waals surface area contributed by atoms with Crippen molar-refractivity contribution in [1.82, 2.24) is 0 Å². The van der Waals surface area contributed by atoms with Crippen LogP contribution in [0.5, 0.6) is 0 Å². The highest BCUT2D eigenvalue weighted by atomic mass is 14.2. The van der Waals surface area contributed by atoms with Gasteiger partial charge in [0.05, 0.1) is 6.07 Å². The van der Waals surface area contributed by atoms with Gasteiger partial charge in [-0.25, -0.2) is 0 Å². The zero-order chi connectivity index (χ0) is 8.36. The highest BCUT2D eigenvalue weighted by Crippen LogP contribution is 2.04. The van der Waals surface area contributed by atoms with Gasteiger partial charge < -0.3 is 0 Å². The normalized spacial score (nSPS) is 15.3. The molecule has 0 aliphatic heterocycles. The summed E-state index contributed by atoms with van der Waals surface area (Å²) in [5.74, 6) is 0. The van der Waals surface area contributed by atoms with Gasteiger partial charge in [-0.15, -0.1) is 0 Å². The molecular formula is C10H15N. The average Bonchev–Trinajstić information content (AvgIpc) is 1.86. The second-order valence-electron chi connectivity index (χ2n) is 2.36. The Morgan fingerprint density at radius 3 is 1.82 bits per heavy atom. The standard InChI is InChI=1S/C8H12.C2H3N/c1-2-4-6-8-7-5-3-1;1-2-3/h1-4H,5-8H2;1H3. The second kappa shape index (κ2) is 8.97. The zero-order valence-corrected chi connectivity index (χ0v) is 7.09. The Kier molecular flexibility index (Phi) is 8.13. The fourth-order valence-electron chi connectivity index (χ4n) is 0.874. The Morgan fingerprint density at radius 1 is 1.09 bits per heavy atom. The lowest BCUT2D eigenvalue weighted by Crippen LogP contribution is -1.74. The van der Waals surface area contributed by atoms with E-state index in [2.05, 4.69) is 24.3 Å². The van der Waals surface area contributed by atoms with Crippen LogP contribution in [0.4, 0.5) is 0 Å². The smallest absolute Gasteiger partial charge is 0.0587 e. The van der Waals surface area contributed by atoms with Gasteiger partial charge in [0.1, 0.15) is 0 Å². The fraction of sp³-hybridized carbons (Fsp3) is 0.500. The van der Waals surface area contributed by atoms with Crippen molar-refractivity contribution in [2.75, 3.05) is 0 Å². The van der Waals surface area contributed by atoms with E-state index in [0.29, 0.717) is 0 Å². The van der Waals surface area contributed by atoms with Crippen LogP contribution in [0.15, 0.2) is 24.3 Å². The van der Waals surface area contributed by atoms with Gasteiger partial charge in [0.15, 0.2) is 0 Å². The summed E-state index contributed by atoms with van der Waals surface area (Å²) >= 11 is 0. The Hall–Kier alpha value is -1.03. The van der Waals surface area contributed by atoms with Crippen molar-refractivity contribution in [2.45, 2.75) is 32.6 Å². The molecule has 1 aliphatic rings. The average molecular weight is 149 g/mol. The molecule has 0 unspecified atom stereocenters. The molecule has 0 saturated heterocycles. The summed E-state index contributed by atoms with van der Waals surface area (Å²) in [6, 6.07) is 1.75. The summed E-state index contributed by atoms with van der Waals surface area (Å²) in [5.41, 5.74) is 0. The maximum absolute atomic E-state index is 7.32. The van der Waals surface area contributed by atoms with Gasteiger partial charge in [0.25, 0.3) is 0 Å². The van der Waals surface area contributed by atoms with E-state index in [0.717, 1.165) is 0 Å². The summed E-state index contributed by atoms with van der Waals surface area (Å²) in [5, 5.41) is 7.32. The minimum atomic E-state index is 1.27. The van der Waals surface area contributed by atoms with Crippen LogP contribution in [-0.4, -0.2) is 0 Å². The molecule has 0 saturated carbocycles. The first kappa shape index (κ1) is 9.97. The first-order valence-electron chi connectivity index (χ1n) is 4.04. The number of allylic oxidation sites excluding steroid dienone is 4. The van der Waals surface area contributed by atoms with Gasteiger partial charge >= 0.3 is 0 Å². The third kappa shape index (κ3) is 8.97. The molecule has 0 fully saturated rings. The van der Waals surface area contributed by atoms with Gasteiger partial charge in [-0.2, -0.15) is 5.26 Å². The van der Waals surface area contributed by atoms with Crippen molar-refractivity contribution >= 4 is 0 Å². The topological polar surface area (TPSA) is 23.8 Å². The lowest BCUT2D eigenvalue weighted by atomic mass is 10.1. The Bertz CT molecular complexity index is 146. The minimum absolute atomic E-state index is 1.27. The van der Waals surface area contributed by atoms with E-state index in [4.69, 9.17) is 5.26 Å². The van der Waals surface area contributed by atoms with Crippen LogP contribution in [-0.2, 0) is 0 Å². The van der Waals surface area contributed by atoms with Gasteiger partial charge in [-0.05, 0) is 25.7 Å². The SMILES string of the molecule is C1=CCCCCC=C1.CC#N. The summed E-state index contributed by atoms with van der Waals surface area (Å²) in [7, 11) is 0.